The Morgan fingerprint density at radius 1 is 1.48 bits per heavy atom. The third-order valence-electron chi connectivity index (χ3n) is 2.64. The van der Waals surface area contributed by atoms with Crippen LogP contribution in [0.15, 0.2) is 44.3 Å². The first-order chi connectivity index (χ1) is 10.1. The molecule has 0 spiro atoms. The Hall–Kier alpha value is -2.39. The number of halogens is 1. The van der Waals surface area contributed by atoms with Crippen molar-refractivity contribution in [1.29, 1.82) is 5.26 Å². The molecule has 0 fully saturated rings. The Bertz CT molecular complexity index is 729. The van der Waals surface area contributed by atoms with Crippen molar-refractivity contribution >= 4 is 28.1 Å². The molecular formula is C15H12BrN3O2. The summed E-state index contributed by atoms with van der Waals surface area (Å²) in [5.41, 5.74) is 4.33. The molecule has 6 heteroatoms. The SMILES string of the molecule is Cc1ccc(-c2ccc(/C=N\NC(=O)CC#N)o2)c(Br)c1. The third-order valence-corrected chi connectivity index (χ3v) is 3.29. The number of nitrogens with one attached hydrogen (secondary N) is 1. The monoisotopic (exact) mass is 345 g/mol. The maximum Gasteiger partial charge on any atom is 0.254 e. The van der Waals surface area contributed by atoms with Gasteiger partial charge >= 0.3 is 0 Å². The summed E-state index contributed by atoms with van der Waals surface area (Å²) in [5.74, 6) is 0.753. The first kappa shape index (κ1) is 15.0. The van der Waals surface area contributed by atoms with Gasteiger partial charge in [-0.2, -0.15) is 10.4 Å². The van der Waals surface area contributed by atoms with E-state index in [0.717, 1.165) is 15.6 Å². The first-order valence-corrected chi connectivity index (χ1v) is 6.94. The van der Waals surface area contributed by atoms with Gasteiger partial charge in [0.05, 0.1) is 12.3 Å². The predicted molar refractivity (Wildman–Crippen MR) is 82.5 cm³/mol. The summed E-state index contributed by atoms with van der Waals surface area (Å²) in [4.78, 5) is 11.1. The minimum atomic E-state index is -0.457. The van der Waals surface area contributed by atoms with Gasteiger partial charge in [0.25, 0.3) is 5.91 Å². The molecule has 0 aliphatic heterocycles. The molecular weight excluding hydrogens is 334 g/mol. The molecule has 21 heavy (non-hydrogen) atoms. The maximum atomic E-state index is 11.1. The summed E-state index contributed by atoms with van der Waals surface area (Å²) in [5, 5.41) is 12.1. The summed E-state index contributed by atoms with van der Waals surface area (Å²) >= 11 is 3.50. The van der Waals surface area contributed by atoms with Gasteiger partial charge in [-0.15, -0.1) is 0 Å². The topological polar surface area (TPSA) is 78.4 Å². The molecule has 0 radical (unpaired) electrons. The van der Waals surface area contributed by atoms with E-state index in [-0.39, 0.29) is 6.42 Å². The third kappa shape index (κ3) is 4.04. The van der Waals surface area contributed by atoms with Crippen LogP contribution in [0.25, 0.3) is 11.3 Å². The highest BCUT2D eigenvalue weighted by atomic mass is 79.9. The van der Waals surface area contributed by atoms with Crippen molar-refractivity contribution in [2.75, 3.05) is 0 Å². The lowest BCUT2D eigenvalue weighted by Crippen LogP contribution is -2.15. The molecule has 0 saturated carbocycles. The lowest BCUT2D eigenvalue weighted by Gasteiger charge is -2.01. The molecule has 1 N–H and O–H groups in total. The van der Waals surface area contributed by atoms with Gasteiger partial charge in [-0.1, -0.05) is 22.0 Å². The summed E-state index contributed by atoms with van der Waals surface area (Å²) < 4.78 is 6.58. The van der Waals surface area contributed by atoms with E-state index < -0.39 is 5.91 Å². The fourth-order valence-electron chi connectivity index (χ4n) is 1.67. The molecule has 1 amide bonds. The van der Waals surface area contributed by atoms with E-state index in [1.165, 1.54) is 6.21 Å². The number of hydrogen-bond donors (Lipinski definition) is 1. The van der Waals surface area contributed by atoms with E-state index in [9.17, 15) is 4.79 Å². The van der Waals surface area contributed by atoms with Crippen molar-refractivity contribution in [2.24, 2.45) is 5.10 Å². The average Bonchev–Trinajstić information content (AvgIpc) is 2.87. The van der Waals surface area contributed by atoms with E-state index in [2.05, 4.69) is 26.5 Å². The van der Waals surface area contributed by atoms with Gasteiger partial charge in [0.15, 0.2) is 0 Å². The Morgan fingerprint density at radius 2 is 2.29 bits per heavy atom. The standard InChI is InChI=1S/C15H12BrN3O2/c1-10-2-4-12(13(16)8-10)14-5-3-11(21-14)9-18-19-15(20)6-7-17/h2-5,8-9H,6H2,1H3,(H,19,20)/b18-9-. The normalized spacial score (nSPS) is 10.5. The van der Waals surface area contributed by atoms with Crippen LogP contribution in [0.2, 0.25) is 0 Å². The molecule has 5 nitrogen and oxygen atoms in total. The van der Waals surface area contributed by atoms with Gasteiger partial charge < -0.3 is 4.42 Å². The molecule has 1 aromatic carbocycles. The first-order valence-electron chi connectivity index (χ1n) is 6.15. The molecule has 2 aromatic rings. The van der Waals surface area contributed by atoms with Crippen molar-refractivity contribution in [3.63, 3.8) is 0 Å². The van der Waals surface area contributed by atoms with Crippen molar-refractivity contribution in [1.82, 2.24) is 5.43 Å². The second kappa shape index (κ2) is 6.86. The zero-order valence-electron chi connectivity index (χ0n) is 11.3. The van der Waals surface area contributed by atoms with Crippen LogP contribution in [0, 0.1) is 18.3 Å². The molecule has 0 bridgehead atoms. The van der Waals surface area contributed by atoms with Gasteiger partial charge in [0, 0.05) is 10.0 Å². The second-order valence-electron chi connectivity index (χ2n) is 4.31. The van der Waals surface area contributed by atoms with Crippen LogP contribution in [0.3, 0.4) is 0 Å². The molecule has 1 aromatic heterocycles. The van der Waals surface area contributed by atoms with E-state index in [1.807, 2.05) is 31.2 Å². The minimum Gasteiger partial charge on any atom is -0.455 e. The number of aryl methyl sites for hydroxylation is 1. The van der Waals surface area contributed by atoms with Gasteiger partial charge in [0.1, 0.15) is 17.9 Å². The smallest absolute Gasteiger partial charge is 0.254 e. The van der Waals surface area contributed by atoms with Gasteiger partial charge in [-0.25, -0.2) is 5.43 Å². The van der Waals surface area contributed by atoms with Crippen LogP contribution in [0.1, 0.15) is 17.7 Å². The van der Waals surface area contributed by atoms with Crippen LogP contribution in [0.4, 0.5) is 0 Å². The number of nitrogens with zero attached hydrogens (tertiary/aromatic N) is 2. The lowest BCUT2D eigenvalue weighted by atomic mass is 10.1. The predicted octanol–water partition coefficient (Wildman–Crippen LogP) is 3.38. The number of furan rings is 1. The van der Waals surface area contributed by atoms with Crippen LogP contribution in [-0.2, 0) is 4.79 Å². The fourth-order valence-corrected chi connectivity index (χ4v) is 2.35. The lowest BCUT2D eigenvalue weighted by molar-refractivity contribution is -0.120. The maximum absolute atomic E-state index is 11.1. The van der Waals surface area contributed by atoms with E-state index >= 15 is 0 Å². The highest BCUT2D eigenvalue weighted by Gasteiger charge is 2.07. The second-order valence-corrected chi connectivity index (χ2v) is 5.17. The molecule has 0 aliphatic rings. The molecule has 0 saturated heterocycles. The zero-order valence-corrected chi connectivity index (χ0v) is 12.8. The Kier molecular flexibility index (Phi) is 4.90. The molecule has 0 unspecified atom stereocenters. The summed E-state index contributed by atoms with van der Waals surface area (Å²) in [6.45, 7) is 2.01. The number of hydrogen-bond acceptors (Lipinski definition) is 4. The average molecular weight is 346 g/mol. The van der Waals surface area contributed by atoms with E-state index in [4.69, 9.17) is 9.68 Å². The Labute approximate surface area is 130 Å². The minimum absolute atomic E-state index is 0.225. The fraction of sp³-hybridized carbons (Fsp3) is 0.133. The van der Waals surface area contributed by atoms with Crippen LogP contribution < -0.4 is 5.43 Å². The van der Waals surface area contributed by atoms with Gasteiger partial charge in [0.2, 0.25) is 0 Å². The summed E-state index contributed by atoms with van der Waals surface area (Å²) in [6, 6.07) is 11.3. The molecule has 0 aliphatic carbocycles. The van der Waals surface area contributed by atoms with E-state index in [1.54, 1.807) is 12.1 Å². The van der Waals surface area contributed by atoms with Crippen LogP contribution in [-0.4, -0.2) is 12.1 Å². The number of carbonyl (C=O) groups excluding carboxylic acids is 1. The number of amides is 1. The van der Waals surface area contributed by atoms with Crippen molar-refractivity contribution in [2.45, 2.75) is 13.3 Å². The van der Waals surface area contributed by atoms with Crippen molar-refractivity contribution in [3.05, 3.63) is 46.1 Å². The van der Waals surface area contributed by atoms with Gasteiger partial charge in [-0.05, 0) is 36.8 Å². The van der Waals surface area contributed by atoms with Gasteiger partial charge in [-0.3, -0.25) is 4.79 Å². The molecule has 0 atom stereocenters. The van der Waals surface area contributed by atoms with Crippen LogP contribution >= 0.6 is 15.9 Å². The Morgan fingerprint density at radius 3 is 3.00 bits per heavy atom. The number of benzene rings is 1. The highest BCUT2D eigenvalue weighted by Crippen LogP contribution is 2.30. The molecule has 106 valence electrons. The summed E-state index contributed by atoms with van der Waals surface area (Å²) in [6.07, 6.45) is 1.16. The molecule has 1 heterocycles. The number of nitriles is 1. The quantitative estimate of drug-likeness (QED) is 0.681. The van der Waals surface area contributed by atoms with Crippen molar-refractivity contribution < 1.29 is 9.21 Å². The highest BCUT2D eigenvalue weighted by molar-refractivity contribution is 9.10. The largest absolute Gasteiger partial charge is 0.455 e. The van der Waals surface area contributed by atoms with Crippen LogP contribution in [0.5, 0.6) is 0 Å². The van der Waals surface area contributed by atoms with E-state index in [0.29, 0.717) is 11.5 Å². The molecule has 2 rings (SSSR count). The Balaban J connectivity index is 2.10. The number of hydrazone groups is 1. The number of rotatable bonds is 4. The number of carbonyl (C=O) groups is 1. The summed E-state index contributed by atoms with van der Waals surface area (Å²) in [7, 11) is 0. The van der Waals surface area contributed by atoms with Crippen molar-refractivity contribution in [3.8, 4) is 17.4 Å². The zero-order chi connectivity index (χ0) is 15.2.